The van der Waals surface area contributed by atoms with Crippen LogP contribution in [0.25, 0.3) is 0 Å². The van der Waals surface area contributed by atoms with E-state index in [1.54, 1.807) is 12.1 Å². The number of aliphatic imine (C=N–C) groups is 1. The van der Waals surface area contributed by atoms with Gasteiger partial charge in [-0.15, -0.1) is 0 Å². The number of nitrogens with one attached hydrogen (secondary N) is 1. The molecule has 0 atom stereocenters. The monoisotopic (exact) mass is 287 g/mol. The Balaban J connectivity index is 1.89. The molecule has 0 saturated carbocycles. The number of likely N-dealkylation sites (N-methyl/N-ethyl adjacent to an activating group) is 1. The van der Waals surface area contributed by atoms with E-state index >= 15 is 0 Å². The average Bonchev–Trinajstić information content (AvgIpc) is 2.79. The molecule has 4 nitrogen and oxygen atoms in total. The number of guanidine groups is 1. The summed E-state index contributed by atoms with van der Waals surface area (Å²) in [5, 5.41) is 3.15. The van der Waals surface area contributed by atoms with Gasteiger partial charge in [0, 0.05) is 20.1 Å². The minimum atomic E-state index is -4.32. The molecule has 0 unspecified atom stereocenters. The molecule has 0 fully saturated rings. The molecule has 0 amide bonds. The van der Waals surface area contributed by atoms with Crippen molar-refractivity contribution in [1.29, 1.82) is 0 Å². The lowest BCUT2D eigenvalue weighted by Gasteiger charge is -2.15. The maximum atomic E-state index is 12.1. The van der Waals surface area contributed by atoms with Crippen LogP contribution in [0, 0.1) is 0 Å². The van der Waals surface area contributed by atoms with E-state index < -0.39 is 12.8 Å². The van der Waals surface area contributed by atoms with E-state index in [2.05, 4.69) is 10.3 Å². The van der Waals surface area contributed by atoms with Crippen LogP contribution in [-0.4, -0.2) is 43.8 Å². The highest BCUT2D eigenvalue weighted by molar-refractivity contribution is 5.81. The number of alkyl halides is 3. The third-order valence-corrected chi connectivity index (χ3v) is 2.81. The molecular weight excluding hydrogens is 271 g/mol. The number of ether oxygens (including phenoxy) is 1. The van der Waals surface area contributed by atoms with Crippen LogP contribution < -0.4 is 10.1 Å². The number of hydrogen-bond acceptors (Lipinski definition) is 4. The van der Waals surface area contributed by atoms with E-state index in [0.29, 0.717) is 6.54 Å². The molecule has 0 bridgehead atoms. The van der Waals surface area contributed by atoms with E-state index in [1.165, 1.54) is 6.07 Å². The van der Waals surface area contributed by atoms with Crippen LogP contribution in [0.5, 0.6) is 5.75 Å². The Morgan fingerprint density at radius 3 is 2.85 bits per heavy atom. The molecule has 1 N–H and O–H groups in total. The highest BCUT2D eigenvalue weighted by Crippen LogP contribution is 2.19. The van der Waals surface area contributed by atoms with Crippen LogP contribution in [0.15, 0.2) is 29.3 Å². The molecule has 0 aliphatic carbocycles. The Hall–Kier alpha value is -1.92. The van der Waals surface area contributed by atoms with Gasteiger partial charge in [0.25, 0.3) is 0 Å². The summed E-state index contributed by atoms with van der Waals surface area (Å²) in [6.07, 6.45) is -4.32. The summed E-state index contributed by atoms with van der Waals surface area (Å²) in [7, 11) is 1.93. The second kappa shape index (κ2) is 6.02. The minimum Gasteiger partial charge on any atom is -0.484 e. The molecule has 1 aliphatic heterocycles. The Labute approximate surface area is 115 Å². The largest absolute Gasteiger partial charge is 0.484 e. The maximum Gasteiger partial charge on any atom is 0.422 e. The zero-order valence-electron chi connectivity index (χ0n) is 11.1. The van der Waals surface area contributed by atoms with Crippen molar-refractivity contribution in [3.8, 4) is 5.75 Å². The third kappa shape index (κ3) is 4.32. The van der Waals surface area contributed by atoms with Crippen LogP contribution >= 0.6 is 0 Å². The van der Waals surface area contributed by atoms with E-state index in [4.69, 9.17) is 4.74 Å². The second-order valence-corrected chi connectivity index (χ2v) is 4.53. The lowest BCUT2D eigenvalue weighted by Crippen LogP contribution is -2.35. The van der Waals surface area contributed by atoms with Gasteiger partial charge >= 0.3 is 6.18 Å². The van der Waals surface area contributed by atoms with Crippen molar-refractivity contribution in [1.82, 2.24) is 10.2 Å². The van der Waals surface area contributed by atoms with Crippen molar-refractivity contribution in [2.75, 3.05) is 26.7 Å². The SMILES string of the molecule is CN1CCN=C1NCc1cccc(OCC(F)(F)F)c1. The first-order valence-electron chi connectivity index (χ1n) is 6.22. The fourth-order valence-electron chi connectivity index (χ4n) is 1.81. The normalized spacial score (nSPS) is 15.2. The van der Waals surface area contributed by atoms with Crippen molar-refractivity contribution >= 4 is 5.96 Å². The molecule has 0 aromatic heterocycles. The van der Waals surface area contributed by atoms with Gasteiger partial charge in [0.05, 0.1) is 6.54 Å². The molecule has 1 aliphatic rings. The van der Waals surface area contributed by atoms with Gasteiger partial charge in [-0.1, -0.05) is 12.1 Å². The fourth-order valence-corrected chi connectivity index (χ4v) is 1.81. The summed E-state index contributed by atoms with van der Waals surface area (Å²) in [4.78, 5) is 6.26. The van der Waals surface area contributed by atoms with Crippen molar-refractivity contribution in [3.63, 3.8) is 0 Å². The molecule has 0 spiro atoms. The number of halogens is 3. The molecule has 0 radical (unpaired) electrons. The Kier molecular flexibility index (Phi) is 4.36. The van der Waals surface area contributed by atoms with E-state index in [1.807, 2.05) is 18.0 Å². The first-order valence-corrected chi connectivity index (χ1v) is 6.22. The first kappa shape index (κ1) is 14.5. The first-order chi connectivity index (χ1) is 9.44. The summed E-state index contributed by atoms with van der Waals surface area (Å²) in [6.45, 7) is 0.844. The van der Waals surface area contributed by atoms with Crippen molar-refractivity contribution < 1.29 is 17.9 Å². The molecule has 110 valence electrons. The lowest BCUT2D eigenvalue weighted by atomic mass is 10.2. The number of hydrogen-bond donors (Lipinski definition) is 1. The summed E-state index contributed by atoms with van der Waals surface area (Å²) in [5.74, 6) is 1.01. The molecule has 1 heterocycles. The second-order valence-electron chi connectivity index (χ2n) is 4.53. The van der Waals surface area contributed by atoms with Gasteiger partial charge in [0.2, 0.25) is 0 Å². The van der Waals surface area contributed by atoms with Crippen molar-refractivity contribution in [2.24, 2.45) is 4.99 Å². The quantitative estimate of drug-likeness (QED) is 0.920. The molecule has 1 aromatic rings. The van der Waals surface area contributed by atoms with Crippen molar-refractivity contribution in [2.45, 2.75) is 12.7 Å². The number of benzene rings is 1. The molecular formula is C13H16F3N3O. The van der Waals surface area contributed by atoms with Gasteiger partial charge < -0.3 is 15.0 Å². The molecule has 7 heteroatoms. The Bertz CT molecular complexity index is 488. The summed E-state index contributed by atoms with van der Waals surface area (Å²) in [6, 6.07) is 6.59. The van der Waals surface area contributed by atoms with Crippen LogP contribution in [-0.2, 0) is 6.54 Å². The smallest absolute Gasteiger partial charge is 0.422 e. The van der Waals surface area contributed by atoms with E-state index in [-0.39, 0.29) is 5.75 Å². The minimum absolute atomic E-state index is 0.211. The van der Waals surface area contributed by atoms with Gasteiger partial charge in [0.15, 0.2) is 12.6 Å². The van der Waals surface area contributed by atoms with E-state index in [9.17, 15) is 13.2 Å². The molecule has 0 saturated heterocycles. The van der Waals surface area contributed by atoms with Gasteiger partial charge in [-0.05, 0) is 17.7 Å². The topological polar surface area (TPSA) is 36.9 Å². The van der Waals surface area contributed by atoms with Crippen molar-refractivity contribution in [3.05, 3.63) is 29.8 Å². The Morgan fingerprint density at radius 1 is 1.40 bits per heavy atom. The summed E-state index contributed by atoms with van der Waals surface area (Å²) >= 11 is 0. The number of rotatable bonds is 4. The maximum absolute atomic E-state index is 12.1. The van der Waals surface area contributed by atoms with Crippen LogP contribution in [0.1, 0.15) is 5.56 Å². The molecule has 20 heavy (non-hydrogen) atoms. The summed E-state index contributed by atoms with van der Waals surface area (Å²) < 4.78 is 40.9. The van der Waals surface area contributed by atoms with Gasteiger partial charge in [0.1, 0.15) is 5.75 Å². The van der Waals surface area contributed by atoms with Crippen LogP contribution in [0.2, 0.25) is 0 Å². The zero-order valence-corrected chi connectivity index (χ0v) is 11.1. The van der Waals surface area contributed by atoms with Gasteiger partial charge in [-0.2, -0.15) is 13.2 Å². The molecule has 2 rings (SSSR count). The standard InChI is InChI=1S/C13H16F3N3O/c1-19-6-5-17-12(19)18-8-10-3-2-4-11(7-10)20-9-13(14,15)16/h2-4,7H,5-6,8-9H2,1H3,(H,17,18). The molecule has 1 aromatic carbocycles. The van der Waals surface area contributed by atoms with Crippen LogP contribution in [0.4, 0.5) is 13.2 Å². The lowest BCUT2D eigenvalue weighted by molar-refractivity contribution is -0.153. The van der Waals surface area contributed by atoms with Crippen LogP contribution in [0.3, 0.4) is 0 Å². The predicted molar refractivity (Wildman–Crippen MR) is 69.8 cm³/mol. The summed E-state index contributed by atoms with van der Waals surface area (Å²) in [5.41, 5.74) is 0.840. The highest BCUT2D eigenvalue weighted by atomic mass is 19.4. The third-order valence-electron chi connectivity index (χ3n) is 2.81. The fraction of sp³-hybridized carbons (Fsp3) is 0.462. The zero-order chi connectivity index (χ0) is 14.6. The Morgan fingerprint density at radius 2 is 2.20 bits per heavy atom. The average molecular weight is 287 g/mol. The van der Waals surface area contributed by atoms with Gasteiger partial charge in [-0.25, -0.2) is 0 Å². The van der Waals surface area contributed by atoms with E-state index in [0.717, 1.165) is 24.6 Å². The number of nitrogens with zero attached hydrogens (tertiary/aromatic N) is 2. The highest BCUT2D eigenvalue weighted by Gasteiger charge is 2.28. The predicted octanol–water partition coefficient (Wildman–Crippen LogP) is 2.02. The van der Waals surface area contributed by atoms with Gasteiger partial charge in [-0.3, -0.25) is 4.99 Å².